The average Bonchev–Trinajstić information content (AvgIpc) is 2.89. The fraction of sp³-hybridized carbons (Fsp3) is 0.200. The molecule has 3 aromatic rings. The zero-order valence-electron chi connectivity index (χ0n) is 11.8. The zero-order valence-corrected chi connectivity index (χ0v) is 11.8. The minimum atomic E-state index is -0.508. The quantitative estimate of drug-likeness (QED) is 0.751. The molecule has 2 aromatic heterocycles. The van der Waals surface area contributed by atoms with Crippen molar-refractivity contribution in [1.29, 1.82) is 0 Å². The molecule has 0 aliphatic heterocycles. The Hall–Kier alpha value is -2.63. The SMILES string of the molecule is CCc1c(C)nc2ccnn2c1Oc1ccc(N)cc1F. The predicted molar refractivity (Wildman–Crippen MR) is 78.0 cm³/mol. The molecule has 0 amide bonds. The highest BCUT2D eigenvalue weighted by molar-refractivity contribution is 5.48. The fourth-order valence-electron chi connectivity index (χ4n) is 2.28. The van der Waals surface area contributed by atoms with Crippen LogP contribution < -0.4 is 10.5 Å². The van der Waals surface area contributed by atoms with Gasteiger partial charge in [0, 0.05) is 29.1 Å². The van der Waals surface area contributed by atoms with E-state index < -0.39 is 5.82 Å². The minimum Gasteiger partial charge on any atom is -0.435 e. The van der Waals surface area contributed by atoms with Gasteiger partial charge in [-0.05, 0) is 25.5 Å². The normalized spacial score (nSPS) is 11.0. The summed E-state index contributed by atoms with van der Waals surface area (Å²) >= 11 is 0. The number of fused-ring (bicyclic) bond motifs is 1. The van der Waals surface area contributed by atoms with E-state index in [9.17, 15) is 4.39 Å². The van der Waals surface area contributed by atoms with Gasteiger partial charge in [-0.15, -0.1) is 0 Å². The third kappa shape index (κ3) is 2.29. The van der Waals surface area contributed by atoms with Gasteiger partial charge in [-0.2, -0.15) is 9.61 Å². The number of benzene rings is 1. The monoisotopic (exact) mass is 286 g/mol. The highest BCUT2D eigenvalue weighted by Crippen LogP contribution is 2.30. The molecule has 0 saturated carbocycles. The first-order chi connectivity index (χ1) is 10.1. The van der Waals surface area contributed by atoms with Crippen molar-refractivity contribution >= 4 is 11.3 Å². The van der Waals surface area contributed by atoms with Gasteiger partial charge in [0.2, 0.25) is 5.88 Å². The van der Waals surface area contributed by atoms with Gasteiger partial charge in [0.25, 0.3) is 0 Å². The van der Waals surface area contributed by atoms with Crippen LogP contribution in [0.25, 0.3) is 5.65 Å². The molecule has 0 bridgehead atoms. The van der Waals surface area contributed by atoms with Crippen LogP contribution in [0.5, 0.6) is 11.6 Å². The largest absolute Gasteiger partial charge is 0.435 e. The molecular weight excluding hydrogens is 271 g/mol. The zero-order chi connectivity index (χ0) is 15.0. The molecule has 0 spiro atoms. The number of hydrogen-bond acceptors (Lipinski definition) is 4. The van der Waals surface area contributed by atoms with Gasteiger partial charge < -0.3 is 10.5 Å². The van der Waals surface area contributed by atoms with E-state index in [0.29, 0.717) is 23.6 Å². The molecular formula is C15H15FN4O. The third-order valence-electron chi connectivity index (χ3n) is 3.31. The van der Waals surface area contributed by atoms with Gasteiger partial charge in [-0.25, -0.2) is 9.37 Å². The average molecular weight is 286 g/mol. The molecule has 2 N–H and O–H groups in total. The standard InChI is InChI=1S/C15H15FN4O/c1-3-11-9(2)19-14-6-7-18-20(14)15(11)21-13-5-4-10(17)8-12(13)16/h4-8H,3,17H2,1-2H3. The van der Waals surface area contributed by atoms with Gasteiger partial charge in [-0.3, -0.25) is 0 Å². The molecule has 108 valence electrons. The van der Waals surface area contributed by atoms with E-state index in [2.05, 4.69) is 10.1 Å². The lowest BCUT2D eigenvalue weighted by Crippen LogP contribution is -2.05. The second kappa shape index (κ2) is 5.05. The summed E-state index contributed by atoms with van der Waals surface area (Å²) in [7, 11) is 0. The van der Waals surface area contributed by atoms with E-state index in [1.165, 1.54) is 12.1 Å². The molecule has 0 atom stereocenters. The van der Waals surface area contributed by atoms with Crippen LogP contribution in [-0.2, 0) is 6.42 Å². The van der Waals surface area contributed by atoms with Crippen molar-refractivity contribution in [2.75, 3.05) is 5.73 Å². The highest BCUT2D eigenvalue weighted by atomic mass is 19.1. The summed E-state index contributed by atoms with van der Waals surface area (Å²) < 4.78 is 21.3. The summed E-state index contributed by atoms with van der Waals surface area (Å²) in [5.74, 6) is 0.0850. The number of anilines is 1. The maximum Gasteiger partial charge on any atom is 0.227 e. The van der Waals surface area contributed by atoms with Crippen molar-refractivity contribution in [3.8, 4) is 11.6 Å². The van der Waals surface area contributed by atoms with Gasteiger partial charge >= 0.3 is 0 Å². The van der Waals surface area contributed by atoms with Crippen LogP contribution in [0.1, 0.15) is 18.2 Å². The fourth-order valence-corrected chi connectivity index (χ4v) is 2.28. The first-order valence-corrected chi connectivity index (χ1v) is 6.66. The maximum atomic E-state index is 13.9. The second-order valence-corrected chi connectivity index (χ2v) is 4.73. The summed E-state index contributed by atoms with van der Waals surface area (Å²) in [4.78, 5) is 4.45. The molecule has 1 aromatic carbocycles. The molecule has 21 heavy (non-hydrogen) atoms. The molecule has 0 saturated heterocycles. The number of ether oxygens (including phenoxy) is 1. The Morgan fingerprint density at radius 2 is 2.14 bits per heavy atom. The molecule has 6 heteroatoms. The van der Waals surface area contributed by atoms with Crippen LogP contribution in [-0.4, -0.2) is 14.6 Å². The van der Waals surface area contributed by atoms with Crippen LogP contribution in [0.15, 0.2) is 30.5 Å². The number of nitrogens with zero attached hydrogens (tertiary/aromatic N) is 3. The Labute approximate surface area is 121 Å². The number of halogens is 1. The van der Waals surface area contributed by atoms with Crippen LogP contribution in [0.2, 0.25) is 0 Å². The number of rotatable bonds is 3. The van der Waals surface area contributed by atoms with E-state index in [-0.39, 0.29) is 5.75 Å². The van der Waals surface area contributed by atoms with Gasteiger partial charge in [-0.1, -0.05) is 6.92 Å². The number of aromatic nitrogens is 3. The Kier molecular flexibility index (Phi) is 3.21. The summed E-state index contributed by atoms with van der Waals surface area (Å²) in [6, 6.07) is 6.11. The van der Waals surface area contributed by atoms with Gasteiger partial charge in [0.1, 0.15) is 0 Å². The lowest BCUT2D eigenvalue weighted by molar-refractivity contribution is 0.409. The maximum absolute atomic E-state index is 13.9. The van der Waals surface area contributed by atoms with Crippen molar-refractivity contribution in [2.45, 2.75) is 20.3 Å². The summed E-state index contributed by atoms with van der Waals surface area (Å²) in [5.41, 5.74) is 8.30. The van der Waals surface area contributed by atoms with Crippen LogP contribution in [0, 0.1) is 12.7 Å². The summed E-state index contributed by atoms with van der Waals surface area (Å²) in [5, 5.41) is 4.19. The Morgan fingerprint density at radius 1 is 1.33 bits per heavy atom. The van der Waals surface area contributed by atoms with Crippen LogP contribution >= 0.6 is 0 Å². The van der Waals surface area contributed by atoms with Crippen molar-refractivity contribution < 1.29 is 9.13 Å². The van der Waals surface area contributed by atoms with Crippen molar-refractivity contribution in [1.82, 2.24) is 14.6 Å². The Balaban J connectivity index is 2.16. The molecule has 0 radical (unpaired) electrons. The molecule has 0 aliphatic carbocycles. The van der Waals surface area contributed by atoms with Crippen molar-refractivity contribution in [2.24, 2.45) is 0 Å². The van der Waals surface area contributed by atoms with E-state index >= 15 is 0 Å². The van der Waals surface area contributed by atoms with Crippen molar-refractivity contribution in [3.05, 3.63) is 47.5 Å². The number of nitrogens with two attached hydrogens (primary N) is 1. The van der Waals surface area contributed by atoms with E-state index in [4.69, 9.17) is 10.5 Å². The lowest BCUT2D eigenvalue weighted by atomic mass is 10.2. The third-order valence-corrected chi connectivity index (χ3v) is 3.31. The lowest BCUT2D eigenvalue weighted by Gasteiger charge is -2.14. The molecule has 0 unspecified atom stereocenters. The topological polar surface area (TPSA) is 65.4 Å². The number of nitrogen functional groups attached to an aromatic ring is 1. The molecule has 0 fully saturated rings. The smallest absolute Gasteiger partial charge is 0.227 e. The molecule has 5 nitrogen and oxygen atoms in total. The Morgan fingerprint density at radius 3 is 2.86 bits per heavy atom. The van der Waals surface area contributed by atoms with E-state index in [1.807, 2.05) is 13.8 Å². The molecule has 2 heterocycles. The minimum absolute atomic E-state index is 0.112. The van der Waals surface area contributed by atoms with E-state index in [1.54, 1.807) is 22.8 Å². The van der Waals surface area contributed by atoms with Gasteiger partial charge in [0.15, 0.2) is 17.2 Å². The Bertz CT molecular complexity index is 813. The number of aryl methyl sites for hydroxylation is 1. The predicted octanol–water partition coefficient (Wildman–Crippen LogP) is 3.11. The molecule has 0 aliphatic rings. The van der Waals surface area contributed by atoms with Crippen LogP contribution in [0.4, 0.5) is 10.1 Å². The number of hydrogen-bond donors (Lipinski definition) is 1. The first-order valence-electron chi connectivity index (χ1n) is 6.66. The second-order valence-electron chi connectivity index (χ2n) is 4.73. The summed E-state index contributed by atoms with van der Waals surface area (Å²) in [6.45, 7) is 3.89. The highest BCUT2D eigenvalue weighted by Gasteiger charge is 2.16. The van der Waals surface area contributed by atoms with Crippen LogP contribution in [0.3, 0.4) is 0 Å². The first kappa shape index (κ1) is 13.4. The molecule has 3 rings (SSSR count). The van der Waals surface area contributed by atoms with Gasteiger partial charge in [0.05, 0.1) is 6.20 Å². The summed E-state index contributed by atoms with van der Waals surface area (Å²) in [6.07, 6.45) is 2.34. The van der Waals surface area contributed by atoms with Crippen molar-refractivity contribution in [3.63, 3.8) is 0 Å². The van der Waals surface area contributed by atoms with E-state index in [0.717, 1.165) is 11.3 Å².